The molecule has 0 aromatic heterocycles. The first-order valence-electron chi connectivity index (χ1n) is 7.10. The topological polar surface area (TPSA) is 203 Å². The molecule has 0 aliphatic rings. The van der Waals surface area contributed by atoms with Gasteiger partial charge in [-0.15, -0.1) is 0 Å². The first-order chi connectivity index (χ1) is 10.2. The zero-order chi connectivity index (χ0) is 17.2. The highest BCUT2D eigenvalue weighted by Gasteiger charge is 2.38. The van der Waals surface area contributed by atoms with E-state index in [4.69, 9.17) is 33.1 Å². The third kappa shape index (κ3) is 6.43. The highest BCUT2D eigenvalue weighted by atomic mass is 16.4. The number of carboxylic acid groups (broad SMARTS) is 2. The lowest BCUT2D eigenvalue weighted by molar-refractivity contribution is -0.146. The molecule has 0 saturated carbocycles. The minimum Gasteiger partial charge on any atom is -0.478 e. The predicted octanol–water partition coefficient (Wildman–Crippen LogP) is -0.824. The molecule has 0 unspecified atom stereocenters. The van der Waals surface area contributed by atoms with Crippen LogP contribution in [0.15, 0.2) is 10.2 Å². The minimum absolute atomic E-state index is 0.0124. The predicted molar refractivity (Wildman–Crippen MR) is 79.8 cm³/mol. The molecule has 0 fully saturated rings. The van der Waals surface area contributed by atoms with E-state index in [1.54, 1.807) is 0 Å². The van der Waals surface area contributed by atoms with Crippen molar-refractivity contribution < 1.29 is 19.8 Å². The molecule has 10 N–H and O–H groups in total. The van der Waals surface area contributed by atoms with E-state index < -0.39 is 23.3 Å². The van der Waals surface area contributed by atoms with Gasteiger partial charge in [-0.25, -0.2) is 9.59 Å². The van der Waals surface area contributed by atoms with E-state index in [0.717, 1.165) is 0 Å². The molecule has 0 aromatic rings. The fraction of sp³-hybridized carbons (Fsp3) is 0.833. The Bertz CT molecular complexity index is 369. The van der Waals surface area contributed by atoms with Crippen LogP contribution < -0.4 is 22.9 Å². The summed E-state index contributed by atoms with van der Waals surface area (Å²) in [6.45, 7) is 0.782. The Morgan fingerprint density at radius 1 is 0.773 bits per heavy atom. The number of nitrogens with two attached hydrogens (primary N) is 4. The first kappa shape index (κ1) is 20.4. The summed E-state index contributed by atoms with van der Waals surface area (Å²) < 4.78 is 0. The molecule has 0 heterocycles. The van der Waals surface area contributed by atoms with Crippen LogP contribution in [0, 0.1) is 0 Å². The summed E-state index contributed by atoms with van der Waals surface area (Å²) >= 11 is 0. The van der Waals surface area contributed by atoms with Crippen LogP contribution in [0.5, 0.6) is 0 Å². The second-order valence-corrected chi connectivity index (χ2v) is 5.15. The van der Waals surface area contributed by atoms with Crippen LogP contribution in [0.2, 0.25) is 0 Å². The lowest BCUT2D eigenvalue weighted by Gasteiger charge is -2.23. The summed E-state index contributed by atoms with van der Waals surface area (Å²) in [6.07, 6.45) is 1.98. The Hall–Kier alpha value is -1.62. The molecule has 10 heteroatoms. The molecule has 0 amide bonds. The van der Waals surface area contributed by atoms with Gasteiger partial charge in [0.15, 0.2) is 0 Å². The van der Waals surface area contributed by atoms with E-state index in [1.807, 2.05) is 0 Å². The van der Waals surface area contributed by atoms with Gasteiger partial charge in [0.2, 0.25) is 11.3 Å². The standard InChI is InChI=1S/C12H26N6O4/c13-7-3-1-5-11(15,9(19)20)17-18-12(16,10(21)22)6-2-4-8-14/h1-8,13-16H2,(H,19,20)(H,21,22)/b18-17+/t11-,12-/m1/s1. The van der Waals surface area contributed by atoms with Gasteiger partial charge in [0.25, 0.3) is 0 Å². The molecule has 0 spiro atoms. The van der Waals surface area contributed by atoms with Crippen LogP contribution in [-0.2, 0) is 9.59 Å². The molecule has 0 aromatic carbocycles. The summed E-state index contributed by atoms with van der Waals surface area (Å²) in [6, 6.07) is 0. The average Bonchev–Trinajstić information content (AvgIpc) is 2.45. The highest BCUT2D eigenvalue weighted by Crippen LogP contribution is 2.19. The molecule has 2 atom stereocenters. The maximum absolute atomic E-state index is 11.2. The zero-order valence-corrected chi connectivity index (χ0v) is 12.6. The molecule has 0 radical (unpaired) electrons. The molecule has 0 saturated heterocycles. The zero-order valence-electron chi connectivity index (χ0n) is 12.6. The van der Waals surface area contributed by atoms with Gasteiger partial charge in [0, 0.05) is 0 Å². The summed E-state index contributed by atoms with van der Waals surface area (Å²) in [5.74, 6) is -2.80. The smallest absolute Gasteiger partial charge is 0.348 e. The monoisotopic (exact) mass is 318 g/mol. The Labute approximate surface area is 128 Å². The number of unbranched alkanes of at least 4 members (excludes halogenated alkanes) is 2. The molecule has 10 nitrogen and oxygen atoms in total. The minimum atomic E-state index is -2.01. The SMILES string of the molecule is NCCCC[C@@](N)(/N=N/[C@](N)(CCCCN)C(=O)O)C(=O)O. The van der Waals surface area contributed by atoms with Crippen LogP contribution in [0.4, 0.5) is 0 Å². The summed E-state index contributed by atoms with van der Waals surface area (Å²) in [5, 5.41) is 25.4. The fourth-order valence-electron chi connectivity index (χ4n) is 1.66. The molecule has 0 bridgehead atoms. The van der Waals surface area contributed by atoms with Crippen LogP contribution in [0.1, 0.15) is 38.5 Å². The lowest BCUT2D eigenvalue weighted by Crippen LogP contribution is -2.49. The van der Waals surface area contributed by atoms with Gasteiger partial charge in [0.05, 0.1) is 0 Å². The van der Waals surface area contributed by atoms with Crippen molar-refractivity contribution in [1.29, 1.82) is 0 Å². The highest BCUT2D eigenvalue weighted by molar-refractivity contribution is 5.79. The number of carbonyl (C=O) groups is 2. The van der Waals surface area contributed by atoms with Crippen molar-refractivity contribution in [2.75, 3.05) is 13.1 Å². The van der Waals surface area contributed by atoms with Crippen LogP contribution >= 0.6 is 0 Å². The second-order valence-electron chi connectivity index (χ2n) is 5.15. The molecule has 0 rings (SSSR count). The van der Waals surface area contributed by atoms with Crippen molar-refractivity contribution in [2.45, 2.75) is 49.9 Å². The fourth-order valence-corrected chi connectivity index (χ4v) is 1.66. The van der Waals surface area contributed by atoms with Crippen LogP contribution in [0.3, 0.4) is 0 Å². The van der Waals surface area contributed by atoms with Crippen molar-refractivity contribution in [3.05, 3.63) is 0 Å². The maximum Gasteiger partial charge on any atom is 0.348 e. The average molecular weight is 318 g/mol. The lowest BCUT2D eigenvalue weighted by atomic mass is 10.0. The number of aliphatic carboxylic acids is 2. The Balaban J connectivity index is 5.06. The van der Waals surface area contributed by atoms with Gasteiger partial charge >= 0.3 is 11.9 Å². The number of azo groups is 1. The molecular weight excluding hydrogens is 292 g/mol. The number of rotatable bonds is 12. The van der Waals surface area contributed by atoms with E-state index >= 15 is 0 Å². The summed E-state index contributed by atoms with van der Waals surface area (Å²) in [4.78, 5) is 22.5. The van der Waals surface area contributed by atoms with Gasteiger partial charge in [0.1, 0.15) is 0 Å². The summed E-state index contributed by atoms with van der Waals surface area (Å²) in [5.41, 5.74) is 18.0. The molecule has 0 aliphatic carbocycles. The molecule has 0 aliphatic heterocycles. The number of hydrogen-bond donors (Lipinski definition) is 6. The van der Waals surface area contributed by atoms with Gasteiger partial charge in [-0.1, -0.05) is 0 Å². The molecular formula is C12H26N6O4. The van der Waals surface area contributed by atoms with Crippen molar-refractivity contribution in [3.8, 4) is 0 Å². The Morgan fingerprint density at radius 3 is 1.32 bits per heavy atom. The Morgan fingerprint density at radius 2 is 1.09 bits per heavy atom. The largest absolute Gasteiger partial charge is 0.478 e. The maximum atomic E-state index is 11.2. The number of hydrogen-bond acceptors (Lipinski definition) is 8. The quantitative estimate of drug-likeness (QED) is 0.197. The van der Waals surface area contributed by atoms with Gasteiger partial charge in [-0.3, -0.25) is 11.5 Å². The van der Waals surface area contributed by atoms with E-state index in [2.05, 4.69) is 10.2 Å². The van der Waals surface area contributed by atoms with E-state index in [0.29, 0.717) is 38.8 Å². The van der Waals surface area contributed by atoms with Crippen molar-refractivity contribution in [2.24, 2.45) is 33.2 Å². The normalized spacial score (nSPS) is 17.1. The second kappa shape index (κ2) is 9.41. The third-order valence-corrected chi connectivity index (χ3v) is 3.17. The van der Waals surface area contributed by atoms with E-state index in [-0.39, 0.29) is 12.8 Å². The summed E-state index contributed by atoms with van der Waals surface area (Å²) in [7, 11) is 0. The van der Waals surface area contributed by atoms with E-state index in [1.165, 1.54) is 0 Å². The van der Waals surface area contributed by atoms with Gasteiger partial charge in [-0.2, -0.15) is 10.2 Å². The third-order valence-electron chi connectivity index (χ3n) is 3.17. The van der Waals surface area contributed by atoms with E-state index in [9.17, 15) is 9.59 Å². The van der Waals surface area contributed by atoms with Gasteiger partial charge in [-0.05, 0) is 51.6 Å². The van der Waals surface area contributed by atoms with Crippen LogP contribution in [-0.4, -0.2) is 46.6 Å². The van der Waals surface area contributed by atoms with Crippen molar-refractivity contribution in [3.63, 3.8) is 0 Å². The van der Waals surface area contributed by atoms with Gasteiger partial charge < -0.3 is 21.7 Å². The number of carboxylic acids is 2. The molecule has 128 valence electrons. The number of nitrogens with zero attached hydrogens (tertiary/aromatic N) is 2. The molecule has 22 heavy (non-hydrogen) atoms. The van der Waals surface area contributed by atoms with Crippen molar-refractivity contribution in [1.82, 2.24) is 0 Å². The van der Waals surface area contributed by atoms with Crippen molar-refractivity contribution >= 4 is 11.9 Å². The first-order valence-corrected chi connectivity index (χ1v) is 7.10. The Kier molecular flexibility index (Phi) is 8.72. The van der Waals surface area contributed by atoms with Crippen LogP contribution in [0.25, 0.3) is 0 Å².